The normalized spacial score (nSPS) is 29.6. The minimum atomic E-state index is -0.292. The zero-order valence-corrected chi connectivity index (χ0v) is 19.3. The van der Waals surface area contributed by atoms with Gasteiger partial charge in [-0.05, 0) is 51.5 Å². The zero-order valence-electron chi connectivity index (χ0n) is 19.3. The fourth-order valence-corrected chi connectivity index (χ4v) is 6.58. The number of benzene rings is 1. The molecule has 4 aliphatic rings. The SMILES string of the molecule is CCC[C@@H](C)N1C[C@H]2C(=O)NC3(CCN(C(=O)C4(c5ccc(C)cc5)CC4)CC3)[C@H]2C1. The maximum Gasteiger partial charge on any atom is 0.233 e. The van der Waals surface area contributed by atoms with Gasteiger partial charge < -0.3 is 10.2 Å². The van der Waals surface area contributed by atoms with E-state index < -0.39 is 0 Å². The molecule has 2 amide bonds. The Morgan fingerprint density at radius 2 is 1.81 bits per heavy atom. The van der Waals surface area contributed by atoms with Crippen LogP contribution in [0.2, 0.25) is 0 Å². The van der Waals surface area contributed by atoms with Crippen LogP contribution in [-0.4, -0.2) is 59.4 Å². The molecule has 1 aliphatic carbocycles. The predicted octanol–water partition coefficient (Wildman–Crippen LogP) is 3.25. The van der Waals surface area contributed by atoms with Crippen molar-refractivity contribution in [2.24, 2.45) is 11.8 Å². The summed E-state index contributed by atoms with van der Waals surface area (Å²) in [6.07, 6.45) is 6.09. The average molecular weight is 424 g/mol. The monoisotopic (exact) mass is 423 g/mol. The van der Waals surface area contributed by atoms with Crippen molar-refractivity contribution in [3.05, 3.63) is 35.4 Å². The number of carbonyl (C=O) groups excluding carboxylic acids is 2. The van der Waals surface area contributed by atoms with Crippen LogP contribution in [-0.2, 0) is 15.0 Å². The summed E-state index contributed by atoms with van der Waals surface area (Å²) in [6.45, 7) is 10.1. The van der Waals surface area contributed by atoms with E-state index in [1.807, 2.05) is 0 Å². The molecule has 1 N–H and O–H groups in total. The minimum Gasteiger partial charge on any atom is -0.350 e. The van der Waals surface area contributed by atoms with Crippen LogP contribution in [0.3, 0.4) is 0 Å². The Bertz CT molecular complexity index is 852. The number of aryl methyl sites for hydroxylation is 1. The number of likely N-dealkylation sites (tertiary alicyclic amines) is 2. The summed E-state index contributed by atoms with van der Waals surface area (Å²) in [5.74, 6) is 1.07. The van der Waals surface area contributed by atoms with Gasteiger partial charge in [-0.25, -0.2) is 0 Å². The summed E-state index contributed by atoms with van der Waals surface area (Å²) in [5, 5.41) is 3.41. The second-order valence-electron chi connectivity index (χ2n) is 10.7. The van der Waals surface area contributed by atoms with E-state index >= 15 is 0 Å². The number of fused-ring (bicyclic) bond motifs is 2. The lowest BCUT2D eigenvalue weighted by Crippen LogP contribution is -2.57. The van der Waals surface area contributed by atoms with E-state index in [4.69, 9.17) is 0 Å². The van der Waals surface area contributed by atoms with Crippen molar-refractivity contribution in [1.82, 2.24) is 15.1 Å². The van der Waals surface area contributed by atoms with Gasteiger partial charge in [0, 0.05) is 43.7 Å². The maximum absolute atomic E-state index is 13.5. The lowest BCUT2D eigenvalue weighted by Gasteiger charge is -2.44. The first-order valence-electron chi connectivity index (χ1n) is 12.3. The summed E-state index contributed by atoms with van der Waals surface area (Å²) < 4.78 is 0. The highest BCUT2D eigenvalue weighted by molar-refractivity contribution is 5.91. The quantitative estimate of drug-likeness (QED) is 0.791. The average Bonchev–Trinajstić information content (AvgIpc) is 3.37. The van der Waals surface area contributed by atoms with Gasteiger partial charge in [0.25, 0.3) is 0 Å². The Kier molecular flexibility index (Phi) is 5.16. The van der Waals surface area contributed by atoms with Gasteiger partial charge in [0.15, 0.2) is 0 Å². The van der Waals surface area contributed by atoms with Crippen LogP contribution in [0.25, 0.3) is 0 Å². The number of piperidine rings is 1. The number of carbonyl (C=O) groups is 2. The number of hydrogen-bond donors (Lipinski definition) is 1. The molecule has 1 aromatic rings. The molecule has 0 unspecified atom stereocenters. The zero-order chi connectivity index (χ0) is 21.8. The topological polar surface area (TPSA) is 52.7 Å². The molecular weight excluding hydrogens is 386 g/mol. The van der Waals surface area contributed by atoms with Crippen LogP contribution in [0, 0.1) is 18.8 Å². The Morgan fingerprint density at radius 1 is 1.13 bits per heavy atom. The van der Waals surface area contributed by atoms with Crippen LogP contribution >= 0.6 is 0 Å². The fraction of sp³-hybridized carbons (Fsp3) is 0.692. The van der Waals surface area contributed by atoms with Crippen molar-refractivity contribution >= 4 is 11.8 Å². The molecule has 3 atom stereocenters. The van der Waals surface area contributed by atoms with Gasteiger partial charge in [0.1, 0.15) is 0 Å². The molecule has 1 spiro atoms. The first kappa shape index (κ1) is 21.0. The van der Waals surface area contributed by atoms with E-state index in [1.165, 1.54) is 24.0 Å². The molecule has 5 rings (SSSR count). The minimum absolute atomic E-state index is 0.111. The van der Waals surface area contributed by atoms with Crippen molar-refractivity contribution in [3.8, 4) is 0 Å². The lowest BCUT2D eigenvalue weighted by molar-refractivity contribution is -0.136. The highest BCUT2D eigenvalue weighted by atomic mass is 16.2. The van der Waals surface area contributed by atoms with Crippen LogP contribution in [0.4, 0.5) is 0 Å². The standard InChI is InChI=1S/C26H37N3O2/c1-4-5-19(3)29-16-21-22(17-29)26(27-23(21)30)12-14-28(15-13-26)24(31)25(10-11-25)20-8-6-18(2)7-9-20/h6-9,19,21-22H,4-5,10-17H2,1-3H3,(H,27,30)/t19-,21-,22+/m1/s1. The van der Waals surface area contributed by atoms with E-state index in [2.05, 4.69) is 60.2 Å². The smallest absolute Gasteiger partial charge is 0.233 e. The van der Waals surface area contributed by atoms with Crippen molar-refractivity contribution in [1.29, 1.82) is 0 Å². The van der Waals surface area contributed by atoms with Crippen molar-refractivity contribution in [2.75, 3.05) is 26.2 Å². The number of nitrogens with zero attached hydrogens (tertiary/aromatic N) is 2. The molecule has 1 aromatic carbocycles. The largest absolute Gasteiger partial charge is 0.350 e. The molecule has 4 fully saturated rings. The molecule has 0 aromatic heterocycles. The van der Waals surface area contributed by atoms with Crippen molar-refractivity contribution < 1.29 is 9.59 Å². The first-order valence-corrected chi connectivity index (χ1v) is 12.3. The third-order valence-corrected chi connectivity index (χ3v) is 8.80. The Hall–Kier alpha value is -1.88. The summed E-state index contributed by atoms with van der Waals surface area (Å²) in [4.78, 5) is 31.0. The van der Waals surface area contributed by atoms with Crippen LogP contribution in [0.15, 0.2) is 24.3 Å². The summed E-state index contributed by atoms with van der Waals surface area (Å²) in [7, 11) is 0. The Balaban J connectivity index is 1.26. The molecule has 31 heavy (non-hydrogen) atoms. The second-order valence-corrected chi connectivity index (χ2v) is 10.7. The van der Waals surface area contributed by atoms with E-state index in [0.29, 0.717) is 17.9 Å². The molecule has 3 saturated heterocycles. The molecule has 1 saturated carbocycles. The fourth-order valence-electron chi connectivity index (χ4n) is 6.58. The van der Waals surface area contributed by atoms with Gasteiger partial charge in [-0.15, -0.1) is 0 Å². The Labute approximate surface area is 186 Å². The predicted molar refractivity (Wildman–Crippen MR) is 122 cm³/mol. The molecule has 3 heterocycles. The van der Waals surface area contributed by atoms with Crippen molar-refractivity contribution in [3.63, 3.8) is 0 Å². The number of amides is 2. The molecule has 5 heteroatoms. The molecule has 0 bridgehead atoms. The summed E-state index contributed by atoms with van der Waals surface area (Å²) in [5.41, 5.74) is 2.01. The Morgan fingerprint density at radius 3 is 2.42 bits per heavy atom. The van der Waals surface area contributed by atoms with E-state index in [-0.39, 0.29) is 22.8 Å². The van der Waals surface area contributed by atoms with Crippen LogP contribution in [0.1, 0.15) is 63.5 Å². The summed E-state index contributed by atoms with van der Waals surface area (Å²) >= 11 is 0. The lowest BCUT2D eigenvalue weighted by atomic mass is 9.75. The van der Waals surface area contributed by atoms with Gasteiger partial charge in [-0.2, -0.15) is 0 Å². The maximum atomic E-state index is 13.5. The van der Waals surface area contributed by atoms with Gasteiger partial charge in [-0.3, -0.25) is 14.5 Å². The first-order chi connectivity index (χ1) is 14.9. The molecule has 3 aliphatic heterocycles. The van der Waals surface area contributed by atoms with Crippen molar-refractivity contribution in [2.45, 2.75) is 76.3 Å². The molecular formula is C26H37N3O2. The van der Waals surface area contributed by atoms with Crippen LogP contribution in [0.5, 0.6) is 0 Å². The van der Waals surface area contributed by atoms with Gasteiger partial charge in [0.05, 0.1) is 11.3 Å². The van der Waals surface area contributed by atoms with E-state index in [9.17, 15) is 9.59 Å². The van der Waals surface area contributed by atoms with Crippen LogP contribution < -0.4 is 5.32 Å². The number of nitrogens with one attached hydrogen (secondary N) is 1. The van der Waals surface area contributed by atoms with Gasteiger partial charge in [0.2, 0.25) is 11.8 Å². The molecule has 5 nitrogen and oxygen atoms in total. The third-order valence-electron chi connectivity index (χ3n) is 8.80. The second kappa shape index (κ2) is 7.61. The highest BCUT2D eigenvalue weighted by Crippen LogP contribution is 2.51. The molecule has 0 radical (unpaired) electrons. The van der Waals surface area contributed by atoms with E-state index in [0.717, 1.165) is 51.9 Å². The van der Waals surface area contributed by atoms with Gasteiger partial charge >= 0.3 is 0 Å². The van der Waals surface area contributed by atoms with Gasteiger partial charge in [-0.1, -0.05) is 43.2 Å². The number of rotatable bonds is 5. The highest BCUT2D eigenvalue weighted by Gasteiger charge is 2.59. The number of hydrogen-bond acceptors (Lipinski definition) is 3. The summed E-state index contributed by atoms with van der Waals surface area (Å²) in [6, 6.07) is 9.06. The molecule has 168 valence electrons. The third kappa shape index (κ3) is 3.40. The van der Waals surface area contributed by atoms with E-state index in [1.54, 1.807) is 0 Å².